The van der Waals surface area contributed by atoms with E-state index in [0.717, 1.165) is 16.9 Å². The average molecular weight is 287 g/mol. The summed E-state index contributed by atoms with van der Waals surface area (Å²) in [6.07, 6.45) is 3.61. The SMILES string of the molecule is CN(c1cccc(F)c1)c1ccncc1CNC(C)(C)C. The van der Waals surface area contributed by atoms with Crippen LogP contribution in [0.2, 0.25) is 0 Å². The summed E-state index contributed by atoms with van der Waals surface area (Å²) in [6.45, 7) is 7.09. The number of nitrogens with one attached hydrogen (secondary N) is 1. The van der Waals surface area contributed by atoms with E-state index in [1.807, 2.05) is 30.3 Å². The molecule has 0 aliphatic carbocycles. The highest BCUT2D eigenvalue weighted by Gasteiger charge is 2.13. The summed E-state index contributed by atoms with van der Waals surface area (Å²) in [5.74, 6) is -0.234. The molecule has 1 aromatic carbocycles. The van der Waals surface area contributed by atoms with E-state index >= 15 is 0 Å². The van der Waals surface area contributed by atoms with E-state index in [4.69, 9.17) is 0 Å². The van der Waals surface area contributed by atoms with E-state index in [2.05, 4.69) is 31.1 Å². The van der Waals surface area contributed by atoms with Crippen LogP contribution in [0.5, 0.6) is 0 Å². The monoisotopic (exact) mass is 287 g/mol. The largest absolute Gasteiger partial charge is 0.344 e. The van der Waals surface area contributed by atoms with Gasteiger partial charge in [-0.3, -0.25) is 4.98 Å². The van der Waals surface area contributed by atoms with Crippen LogP contribution in [0.1, 0.15) is 26.3 Å². The van der Waals surface area contributed by atoms with Gasteiger partial charge in [-0.2, -0.15) is 0 Å². The Morgan fingerprint density at radius 1 is 1.24 bits per heavy atom. The molecule has 0 unspecified atom stereocenters. The van der Waals surface area contributed by atoms with Gasteiger partial charge in [0.05, 0.1) is 0 Å². The molecule has 0 radical (unpaired) electrons. The number of pyridine rings is 1. The van der Waals surface area contributed by atoms with Gasteiger partial charge in [-0.15, -0.1) is 0 Å². The second-order valence-corrected chi connectivity index (χ2v) is 6.15. The van der Waals surface area contributed by atoms with E-state index in [9.17, 15) is 4.39 Å². The fourth-order valence-electron chi connectivity index (χ4n) is 2.07. The van der Waals surface area contributed by atoms with Gasteiger partial charge in [0.2, 0.25) is 0 Å². The third-order valence-corrected chi connectivity index (χ3v) is 3.24. The van der Waals surface area contributed by atoms with Crippen molar-refractivity contribution in [3.63, 3.8) is 0 Å². The van der Waals surface area contributed by atoms with Crippen LogP contribution in [-0.2, 0) is 6.54 Å². The number of aromatic nitrogens is 1. The highest BCUT2D eigenvalue weighted by Crippen LogP contribution is 2.27. The summed E-state index contributed by atoms with van der Waals surface area (Å²) in [4.78, 5) is 6.18. The van der Waals surface area contributed by atoms with E-state index in [1.54, 1.807) is 12.3 Å². The summed E-state index contributed by atoms with van der Waals surface area (Å²) in [5, 5.41) is 3.46. The van der Waals surface area contributed by atoms with Gasteiger partial charge in [0, 0.05) is 48.5 Å². The van der Waals surface area contributed by atoms with Crippen molar-refractivity contribution in [3.05, 3.63) is 54.1 Å². The van der Waals surface area contributed by atoms with Crippen molar-refractivity contribution in [2.45, 2.75) is 32.9 Å². The summed E-state index contributed by atoms with van der Waals surface area (Å²) in [7, 11) is 1.94. The highest BCUT2D eigenvalue weighted by molar-refractivity contribution is 5.65. The molecule has 4 heteroatoms. The van der Waals surface area contributed by atoms with Crippen molar-refractivity contribution in [1.29, 1.82) is 0 Å². The van der Waals surface area contributed by atoms with E-state index < -0.39 is 0 Å². The fourth-order valence-corrected chi connectivity index (χ4v) is 2.07. The maximum Gasteiger partial charge on any atom is 0.125 e. The second-order valence-electron chi connectivity index (χ2n) is 6.15. The Hall–Kier alpha value is -1.94. The molecule has 0 spiro atoms. The normalized spacial score (nSPS) is 11.5. The molecule has 0 bridgehead atoms. The maximum atomic E-state index is 13.4. The molecule has 1 heterocycles. The zero-order valence-corrected chi connectivity index (χ0v) is 13.0. The molecular formula is C17H22FN3. The first-order chi connectivity index (χ1) is 9.87. The molecule has 0 amide bonds. The van der Waals surface area contributed by atoms with Gasteiger partial charge in [0.25, 0.3) is 0 Å². The number of rotatable bonds is 4. The van der Waals surface area contributed by atoms with Gasteiger partial charge in [-0.05, 0) is 45.0 Å². The maximum absolute atomic E-state index is 13.4. The summed E-state index contributed by atoms with van der Waals surface area (Å²) in [5.41, 5.74) is 2.95. The van der Waals surface area contributed by atoms with Crippen LogP contribution in [0.3, 0.4) is 0 Å². The van der Waals surface area contributed by atoms with Gasteiger partial charge in [0.15, 0.2) is 0 Å². The number of nitrogens with zero attached hydrogens (tertiary/aromatic N) is 2. The topological polar surface area (TPSA) is 28.2 Å². The van der Waals surface area contributed by atoms with Gasteiger partial charge < -0.3 is 10.2 Å². The van der Waals surface area contributed by atoms with Crippen molar-refractivity contribution in [2.75, 3.05) is 11.9 Å². The lowest BCUT2D eigenvalue weighted by Crippen LogP contribution is -2.35. The lowest BCUT2D eigenvalue weighted by molar-refractivity contribution is 0.424. The van der Waals surface area contributed by atoms with Crippen LogP contribution >= 0.6 is 0 Å². The van der Waals surface area contributed by atoms with Crippen molar-refractivity contribution < 1.29 is 4.39 Å². The molecule has 0 aliphatic rings. The number of anilines is 2. The number of halogens is 1. The Kier molecular flexibility index (Phi) is 4.58. The Morgan fingerprint density at radius 2 is 2.00 bits per heavy atom. The Bertz CT molecular complexity index is 605. The predicted molar refractivity (Wildman–Crippen MR) is 85.3 cm³/mol. The number of benzene rings is 1. The quantitative estimate of drug-likeness (QED) is 0.925. The molecule has 0 saturated carbocycles. The molecule has 3 nitrogen and oxygen atoms in total. The first kappa shape index (κ1) is 15.4. The zero-order valence-electron chi connectivity index (χ0n) is 13.0. The Morgan fingerprint density at radius 3 is 2.67 bits per heavy atom. The number of hydrogen-bond donors (Lipinski definition) is 1. The van der Waals surface area contributed by atoms with E-state index in [-0.39, 0.29) is 11.4 Å². The molecular weight excluding hydrogens is 265 g/mol. The van der Waals surface area contributed by atoms with Gasteiger partial charge in [0.1, 0.15) is 5.82 Å². The lowest BCUT2D eigenvalue weighted by atomic mass is 10.1. The molecule has 2 aromatic rings. The van der Waals surface area contributed by atoms with E-state index in [1.165, 1.54) is 12.1 Å². The Labute approximate surface area is 125 Å². The molecule has 2 rings (SSSR count). The first-order valence-electron chi connectivity index (χ1n) is 7.04. The van der Waals surface area contributed by atoms with Crippen LogP contribution in [0.15, 0.2) is 42.7 Å². The molecule has 0 aliphatic heterocycles. The molecule has 112 valence electrons. The summed E-state index contributed by atoms with van der Waals surface area (Å²) in [6, 6.07) is 8.54. The molecule has 0 saturated heterocycles. The lowest BCUT2D eigenvalue weighted by Gasteiger charge is -2.25. The van der Waals surface area contributed by atoms with Crippen molar-refractivity contribution >= 4 is 11.4 Å². The predicted octanol–water partition coefficient (Wildman–Crippen LogP) is 3.88. The second kappa shape index (κ2) is 6.22. The smallest absolute Gasteiger partial charge is 0.125 e. The van der Waals surface area contributed by atoms with Gasteiger partial charge >= 0.3 is 0 Å². The van der Waals surface area contributed by atoms with Gasteiger partial charge in [-0.25, -0.2) is 4.39 Å². The van der Waals surface area contributed by atoms with Gasteiger partial charge in [-0.1, -0.05) is 6.07 Å². The molecule has 1 N–H and O–H groups in total. The third-order valence-electron chi connectivity index (χ3n) is 3.24. The standard InChI is InChI=1S/C17H22FN3/c1-17(2,3)20-12-13-11-19-9-8-16(13)21(4)15-7-5-6-14(18)10-15/h5-11,20H,12H2,1-4H3. The van der Waals surface area contributed by atoms with Crippen LogP contribution in [0, 0.1) is 5.82 Å². The fraction of sp³-hybridized carbons (Fsp3) is 0.353. The minimum absolute atomic E-state index is 0.0323. The minimum atomic E-state index is -0.234. The third kappa shape index (κ3) is 4.26. The van der Waals surface area contributed by atoms with Crippen molar-refractivity contribution in [3.8, 4) is 0 Å². The summed E-state index contributed by atoms with van der Waals surface area (Å²) < 4.78 is 13.4. The minimum Gasteiger partial charge on any atom is -0.344 e. The number of hydrogen-bond acceptors (Lipinski definition) is 3. The van der Waals surface area contributed by atoms with Crippen LogP contribution < -0.4 is 10.2 Å². The summed E-state index contributed by atoms with van der Waals surface area (Å²) >= 11 is 0. The van der Waals surface area contributed by atoms with E-state index in [0.29, 0.717) is 6.54 Å². The zero-order chi connectivity index (χ0) is 15.5. The van der Waals surface area contributed by atoms with Crippen LogP contribution in [-0.4, -0.2) is 17.6 Å². The van der Waals surface area contributed by atoms with Crippen molar-refractivity contribution in [2.24, 2.45) is 0 Å². The van der Waals surface area contributed by atoms with Crippen LogP contribution in [0.4, 0.5) is 15.8 Å². The molecule has 21 heavy (non-hydrogen) atoms. The Balaban J connectivity index is 2.27. The highest BCUT2D eigenvalue weighted by atomic mass is 19.1. The molecule has 0 fully saturated rings. The first-order valence-corrected chi connectivity index (χ1v) is 7.04. The van der Waals surface area contributed by atoms with Crippen LogP contribution in [0.25, 0.3) is 0 Å². The average Bonchev–Trinajstić information content (AvgIpc) is 2.44. The van der Waals surface area contributed by atoms with Crippen molar-refractivity contribution in [1.82, 2.24) is 10.3 Å². The molecule has 1 aromatic heterocycles. The molecule has 0 atom stereocenters.